The molecule has 4 nitrogen and oxygen atoms in total. The van der Waals surface area contributed by atoms with Crippen LogP contribution in [0.15, 0.2) is 53.7 Å². The van der Waals surface area contributed by atoms with Gasteiger partial charge in [0.15, 0.2) is 0 Å². The third-order valence-corrected chi connectivity index (χ3v) is 3.38. The summed E-state index contributed by atoms with van der Waals surface area (Å²) >= 11 is 12.0. The molecule has 0 spiro atoms. The Morgan fingerprint density at radius 3 is 2.33 bits per heavy atom. The number of oxime groups is 1. The highest BCUT2D eigenvalue weighted by Crippen LogP contribution is 2.27. The number of halogens is 2. The Bertz CT molecular complexity index is 612. The first-order valence-corrected chi connectivity index (χ1v) is 7.08. The number of anilines is 1. The summed E-state index contributed by atoms with van der Waals surface area (Å²) in [5, 5.41) is 16.2. The molecular weight excluding hydrogens is 309 g/mol. The molecule has 0 fully saturated rings. The molecule has 2 rings (SSSR count). The van der Waals surface area contributed by atoms with Crippen molar-refractivity contribution >= 4 is 34.7 Å². The number of hydrogen-bond acceptors (Lipinski definition) is 3. The zero-order valence-electron chi connectivity index (χ0n) is 11.1. The molecule has 6 heteroatoms. The summed E-state index contributed by atoms with van der Waals surface area (Å²) in [7, 11) is 0. The standard InChI is InChI=1S/C15H15Cl2N3O/c16-11-6-12(17)8-13(7-11)19-14(9-15(18)20-21)10-4-2-1-3-5-10/h1-8,14,19,21H,9H2,(H2,18,20). The van der Waals surface area contributed by atoms with E-state index >= 15 is 0 Å². The molecule has 1 unspecified atom stereocenters. The van der Waals surface area contributed by atoms with Gasteiger partial charge < -0.3 is 16.3 Å². The van der Waals surface area contributed by atoms with E-state index in [0.717, 1.165) is 11.3 Å². The minimum atomic E-state index is -0.156. The van der Waals surface area contributed by atoms with E-state index in [1.54, 1.807) is 18.2 Å². The average molecular weight is 324 g/mol. The Morgan fingerprint density at radius 2 is 1.76 bits per heavy atom. The van der Waals surface area contributed by atoms with Gasteiger partial charge in [0.1, 0.15) is 5.84 Å². The molecule has 0 aliphatic heterocycles. The lowest BCUT2D eigenvalue weighted by Crippen LogP contribution is -2.21. The highest BCUT2D eigenvalue weighted by atomic mass is 35.5. The van der Waals surface area contributed by atoms with Crippen LogP contribution in [0.25, 0.3) is 0 Å². The summed E-state index contributed by atoms with van der Waals surface area (Å²) in [5.41, 5.74) is 7.42. The van der Waals surface area contributed by atoms with Gasteiger partial charge in [0.25, 0.3) is 0 Å². The number of nitrogens with two attached hydrogens (primary N) is 1. The third-order valence-electron chi connectivity index (χ3n) is 2.95. The van der Waals surface area contributed by atoms with Crippen molar-refractivity contribution in [3.05, 3.63) is 64.1 Å². The van der Waals surface area contributed by atoms with Gasteiger partial charge in [0, 0.05) is 22.2 Å². The molecule has 0 aliphatic carbocycles. The van der Waals surface area contributed by atoms with Crippen molar-refractivity contribution in [3.8, 4) is 0 Å². The molecular formula is C15H15Cl2N3O. The summed E-state index contributed by atoms with van der Waals surface area (Å²) in [4.78, 5) is 0. The Kier molecular flexibility index (Phi) is 5.31. The minimum absolute atomic E-state index is 0.143. The number of hydrogen-bond donors (Lipinski definition) is 3. The number of rotatable bonds is 5. The molecule has 0 saturated heterocycles. The maximum atomic E-state index is 8.78. The van der Waals surface area contributed by atoms with E-state index in [9.17, 15) is 0 Å². The summed E-state index contributed by atoms with van der Waals surface area (Å²) < 4.78 is 0. The van der Waals surface area contributed by atoms with Gasteiger partial charge in [-0.05, 0) is 23.8 Å². The van der Waals surface area contributed by atoms with Crippen LogP contribution >= 0.6 is 23.2 Å². The van der Waals surface area contributed by atoms with Crippen molar-refractivity contribution in [2.75, 3.05) is 5.32 Å². The molecule has 0 aliphatic rings. The second kappa shape index (κ2) is 7.20. The van der Waals surface area contributed by atoms with Crippen molar-refractivity contribution < 1.29 is 5.21 Å². The van der Waals surface area contributed by atoms with E-state index in [1.165, 1.54) is 0 Å². The predicted octanol–water partition coefficient (Wildman–Crippen LogP) is 4.28. The van der Waals surface area contributed by atoms with Crippen LogP contribution in [0.2, 0.25) is 10.0 Å². The third kappa shape index (κ3) is 4.55. The zero-order chi connectivity index (χ0) is 15.2. The lowest BCUT2D eigenvalue weighted by atomic mass is 10.0. The van der Waals surface area contributed by atoms with Crippen molar-refractivity contribution in [1.29, 1.82) is 0 Å². The summed E-state index contributed by atoms with van der Waals surface area (Å²) in [6.07, 6.45) is 0.352. The van der Waals surface area contributed by atoms with Crippen molar-refractivity contribution in [3.63, 3.8) is 0 Å². The van der Waals surface area contributed by atoms with Gasteiger partial charge in [0.2, 0.25) is 0 Å². The number of amidine groups is 1. The Balaban J connectivity index is 2.27. The SMILES string of the molecule is NC(CC(Nc1cc(Cl)cc(Cl)c1)c1ccccc1)=NO. The normalized spacial score (nSPS) is 13.0. The Morgan fingerprint density at radius 1 is 1.14 bits per heavy atom. The van der Waals surface area contributed by atoms with Gasteiger partial charge in [-0.1, -0.05) is 58.7 Å². The van der Waals surface area contributed by atoms with E-state index in [2.05, 4.69) is 10.5 Å². The van der Waals surface area contributed by atoms with E-state index in [0.29, 0.717) is 16.5 Å². The van der Waals surface area contributed by atoms with Crippen LogP contribution in [-0.2, 0) is 0 Å². The molecule has 0 aromatic heterocycles. The van der Waals surface area contributed by atoms with Gasteiger partial charge in [-0.25, -0.2) is 0 Å². The van der Waals surface area contributed by atoms with Crippen LogP contribution in [-0.4, -0.2) is 11.0 Å². The van der Waals surface area contributed by atoms with Crippen molar-refractivity contribution in [2.24, 2.45) is 10.9 Å². The molecule has 0 bridgehead atoms. The van der Waals surface area contributed by atoms with E-state index in [-0.39, 0.29) is 11.9 Å². The Labute approximate surface area is 133 Å². The second-order valence-electron chi connectivity index (χ2n) is 4.56. The lowest BCUT2D eigenvalue weighted by Gasteiger charge is -2.20. The first-order valence-electron chi connectivity index (χ1n) is 6.32. The monoisotopic (exact) mass is 323 g/mol. The van der Waals surface area contributed by atoms with E-state index < -0.39 is 0 Å². The van der Waals surface area contributed by atoms with Crippen LogP contribution in [0.3, 0.4) is 0 Å². The number of benzene rings is 2. The van der Waals surface area contributed by atoms with E-state index in [1.807, 2.05) is 30.3 Å². The highest BCUT2D eigenvalue weighted by Gasteiger charge is 2.14. The molecule has 0 saturated carbocycles. The van der Waals surface area contributed by atoms with Crippen LogP contribution in [0, 0.1) is 0 Å². The molecule has 21 heavy (non-hydrogen) atoms. The summed E-state index contributed by atoms with van der Waals surface area (Å²) in [5.74, 6) is 0.143. The maximum absolute atomic E-state index is 8.78. The fourth-order valence-electron chi connectivity index (χ4n) is 2.03. The quantitative estimate of drug-likeness (QED) is 0.333. The van der Waals surface area contributed by atoms with Gasteiger partial charge in [-0.2, -0.15) is 0 Å². The van der Waals surface area contributed by atoms with Crippen LogP contribution < -0.4 is 11.1 Å². The van der Waals surface area contributed by atoms with Crippen molar-refractivity contribution in [2.45, 2.75) is 12.5 Å². The zero-order valence-corrected chi connectivity index (χ0v) is 12.6. The molecule has 2 aromatic rings. The first-order chi connectivity index (χ1) is 10.1. The maximum Gasteiger partial charge on any atom is 0.141 e. The lowest BCUT2D eigenvalue weighted by molar-refractivity contribution is 0.316. The van der Waals surface area contributed by atoms with Crippen LogP contribution in [0.5, 0.6) is 0 Å². The first kappa shape index (κ1) is 15.5. The van der Waals surface area contributed by atoms with Crippen molar-refractivity contribution in [1.82, 2.24) is 0 Å². The Hall–Kier alpha value is -1.91. The number of nitrogens with one attached hydrogen (secondary N) is 1. The van der Waals surface area contributed by atoms with Crippen LogP contribution in [0.1, 0.15) is 18.0 Å². The average Bonchev–Trinajstić information content (AvgIpc) is 2.46. The molecule has 110 valence electrons. The topological polar surface area (TPSA) is 70.6 Å². The van der Waals surface area contributed by atoms with Gasteiger partial charge in [-0.3, -0.25) is 0 Å². The van der Waals surface area contributed by atoms with Gasteiger partial charge in [0.05, 0.1) is 6.04 Å². The van der Waals surface area contributed by atoms with Gasteiger partial charge in [-0.15, -0.1) is 0 Å². The smallest absolute Gasteiger partial charge is 0.141 e. The summed E-state index contributed by atoms with van der Waals surface area (Å²) in [6, 6.07) is 14.8. The minimum Gasteiger partial charge on any atom is -0.409 e. The number of nitrogens with zero attached hydrogens (tertiary/aromatic N) is 1. The van der Waals surface area contributed by atoms with Crippen LogP contribution in [0.4, 0.5) is 5.69 Å². The molecule has 0 radical (unpaired) electrons. The fraction of sp³-hybridized carbons (Fsp3) is 0.133. The largest absolute Gasteiger partial charge is 0.409 e. The molecule has 1 atom stereocenters. The molecule has 0 heterocycles. The fourth-order valence-corrected chi connectivity index (χ4v) is 2.55. The highest BCUT2D eigenvalue weighted by molar-refractivity contribution is 6.35. The summed E-state index contributed by atoms with van der Waals surface area (Å²) in [6.45, 7) is 0. The second-order valence-corrected chi connectivity index (χ2v) is 5.43. The molecule has 2 aromatic carbocycles. The van der Waals surface area contributed by atoms with Gasteiger partial charge >= 0.3 is 0 Å². The molecule has 4 N–H and O–H groups in total. The van der Waals surface area contributed by atoms with E-state index in [4.69, 9.17) is 34.1 Å². The predicted molar refractivity (Wildman–Crippen MR) is 87.3 cm³/mol. The molecule has 0 amide bonds.